The van der Waals surface area contributed by atoms with Crippen molar-refractivity contribution in [1.29, 1.82) is 0 Å². The summed E-state index contributed by atoms with van der Waals surface area (Å²) in [4.78, 5) is 34.6. The largest absolute Gasteiger partial charge is 0.481 e. The Morgan fingerprint density at radius 1 is 1.19 bits per heavy atom. The van der Waals surface area contributed by atoms with Gasteiger partial charge in [0.2, 0.25) is 11.8 Å². The van der Waals surface area contributed by atoms with E-state index in [1.807, 2.05) is 18.2 Å². The number of carboxylic acids is 1. The number of nitrogens with two attached hydrogens (primary N) is 1. The van der Waals surface area contributed by atoms with Crippen LogP contribution in [0.1, 0.15) is 19.4 Å². The van der Waals surface area contributed by atoms with Crippen LogP contribution < -0.4 is 11.1 Å². The minimum Gasteiger partial charge on any atom is -0.481 e. The molecule has 1 aromatic carbocycles. The van der Waals surface area contributed by atoms with Crippen LogP contribution in [-0.4, -0.2) is 28.9 Å². The van der Waals surface area contributed by atoms with Crippen molar-refractivity contribution < 1.29 is 19.5 Å². The first-order chi connectivity index (χ1) is 9.82. The topological polar surface area (TPSA) is 109 Å². The maximum atomic E-state index is 12.0. The van der Waals surface area contributed by atoms with Gasteiger partial charge in [0.1, 0.15) is 12.0 Å². The number of benzene rings is 1. The highest BCUT2D eigenvalue weighted by atomic mass is 16.4. The summed E-state index contributed by atoms with van der Waals surface area (Å²) < 4.78 is 0. The molecule has 0 saturated carbocycles. The fraction of sp³-hybridized carbons (Fsp3) is 0.400. The molecule has 1 unspecified atom stereocenters. The smallest absolute Gasteiger partial charge is 0.316 e. The van der Waals surface area contributed by atoms with E-state index in [0.29, 0.717) is 0 Å². The van der Waals surface area contributed by atoms with Crippen molar-refractivity contribution in [1.82, 2.24) is 5.32 Å². The van der Waals surface area contributed by atoms with E-state index in [9.17, 15) is 14.4 Å². The number of rotatable bonds is 7. The van der Waals surface area contributed by atoms with Gasteiger partial charge in [-0.25, -0.2) is 0 Å². The number of primary amides is 1. The summed E-state index contributed by atoms with van der Waals surface area (Å²) in [6, 6.07) is 8.13. The summed E-state index contributed by atoms with van der Waals surface area (Å²) in [5.74, 6) is -4.20. The third-order valence-corrected chi connectivity index (χ3v) is 3.16. The lowest BCUT2D eigenvalue weighted by Crippen LogP contribution is -2.50. The molecule has 0 fully saturated rings. The van der Waals surface area contributed by atoms with Gasteiger partial charge in [-0.15, -0.1) is 0 Å². The number of carbonyl (C=O) groups excluding carboxylic acids is 2. The number of carboxylic acid groups (broad SMARTS) is 1. The molecule has 1 aromatic rings. The van der Waals surface area contributed by atoms with E-state index < -0.39 is 29.7 Å². The average molecular weight is 292 g/mol. The maximum absolute atomic E-state index is 12.0. The van der Waals surface area contributed by atoms with Crippen LogP contribution in [0.25, 0.3) is 0 Å². The molecule has 2 amide bonds. The zero-order valence-corrected chi connectivity index (χ0v) is 12.1. The number of amides is 2. The lowest BCUT2D eigenvalue weighted by Gasteiger charge is -2.20. The number of nitrogens with one attached hydrogen (secondary N) is 1. The van der Waals surface area contributed by atoms with Crippen LogP contribution in [0.15, 0.2) is 30.3 Å². The minimum absolute atomic E-state index is 0.229. The molecule has 0 aromatic heterocycles. The Labute approximate surface area is 123 Å². The van der Waals surface area contributed by atoms with Gasteiger partial charge in [0.05, 0.1) is 0 Å². The van der Waals surface area contributed by atoms with Crippen LogP contribution in [0.3, 0.4) is 0 Å². The molecule has 21 heavy (non-hydrogen) atoms. The predicted molar refractivity (Wildman–Crippen MR) is 77.2 cm³/mol. The predicted octanol–water partition coefficient (Wildman–Crippen LogP) is 0.556. The summed E-state index contributed by atoms with van der Waals surface area (Å²) in [5, 5.41) is 11.5. The van der Waals surface area contributed by atoms with Gasteiger partial charge in [-0.1, -0.05) is 44.2 Å². The Balaban J connectivity index is 2.81. The molecule has 6 nitrogen and oxygen atoms in total. The second kappa shape index (κ2) is 7.42. The molecule has 6 heteroatoms. The molecular weight excluding hydrogens is 272 g/mol. The highest BCUT2D eigenvalue weighted by Crippen LogP contribution is 2.12. The second-order valence-corrected chi connectivity index (χ2v) is 5.21. The van der Waals surface area contributed by atoms with Crippen molar-refractivity contribution in [3.05, 3.63) is 35.9 Å². The summed E-state index contributed by atoms with van der Waals surface area (Å²) in [5.41, 5.74) is 6.12. The van der Waals surface area contributed by atoms with Gasteiger partial charge in [-0.3, -0.25) is 14.4 Å². The summed E-state index contributed by atoms with van der Waals surface area (Å²) in [6.45, 7) is 3.27. The van der Waals surface area contributed by atoms with Crippen LogP contribution in [0.5, 0.6) is 0 Å². The third-order valence-electron chi connectivity index (χ3n) is 3.16. The van der Waals surface area contributed by atoms with E-state index in [-0.39, 0.29) is 12.3 Å². The normalized spacial score (nSPS) is 13.5. The minimum atomic E-state index is -1.22. The zero-order chi connectivity index (χ0) is 16.0. The fourth-order valence-corrected chi connectivity index (χ4v) is 2.03. The van der Waals surface area contributed by atoms with Crippen molar-refractivity contribution in [2.24, 2.45) is 17.6 Å². The lowest BCUT2D eigenvalue weighted by atomic mass is 9.94. The van der Waals surface area contributed by atoms with Gasteiger partial charge in [0.25, 0.3) is 0 Å². The standard InChI is InChI=1S/C15H20N2O4/c1-9(2)12(15(20)21)14(19)17-11(13(16)18)8-10-6-4-3-5-7-10/h3-7,9,11-12H,8H2,1-2H3,(H2,16,18)(H,17,19)(H,20,21)/t11-,12?/m1/s1. The molecule has 0 saturated heterocycles. The SMILES string of the molecule is CC(C)C(C(=O)O)C(=O)N[C@H](Cc1ccccc1)C(N)=O. The Hall–Kier alpha value is -2.37. The maximum Gasteiger partial charge on any atom is 0.316 e. The number of hydrogen-bond donors (Lipinski definition) is 3. The Morgan fingerprint density at radius 3 is 2.19 bits per heavy atom. The Kier molecular flexibility index (Phi) is 5.90. The molecule has 0 radical (unpaired) electrons. The molecule has 2 atom stereocenters. The molecule has 0 aliphatic heterocycles. The van der Waals surface area contributed by atoms with Gasteiger partial charge >= 0.3 is 5.97 Å². The quantitative estimate of drug-likeness (QED) is 0.638. The van der Waals surface area contributed by atoms with E-state index in [1.165, 1.54) is 0 Å². The van der Waals surface area contributed by atoms with E-state index in [1.54, 1.807) is 26.0 Å². The molecule has 0 spiro atoms. The van der Waals surface area contributed by atoms with Gasteiger partial charge < -0.3 is 16.2 Å². The Bertz CT molecular complexity index is 514. The lowest BCUT2D eigenvalue weighted by molar-refractivity contribution is -0.149. The van der Waals surface area contributed by atoms with Gasteiger partial charge in [-0.2, -0.15) is 0 Å². The van der Waals surface area contributed by atoms with Crippen LogP contribution in [0.2, 0.25) is 0 Å². The van der Waals surface area contributed by atoms with Gasteiger partial charge in [0.15, 0.2) is 0 Å². The molecule has 1 rings (SSSR count). The van der Waals surface area contributed by atoms with Crippen molar-refractivity contribution in [2.75, 3.05) is 0 Å². The second-order valence-electron chi connectivity index (χ2n) is 5.21. The summed E-state index contributed by atoms with van der Waals surface area (Å²) >= 11 is 0. The first-order valence-corrected chi connectivity index (χ1v) is 6.69. The third kappa shape index (κ3) is 4.91. The first kappa shape index (κ1) is 16.7. The highest BCUT2D eigenvalue weighted by Gasteiger charge is 2.32. The first-order valence-electron chi connectivity index (χ1n) is 6.69. The van der Waals surface area contributed by atoms with Crippen molar-refractivity contribution in [3.63, 3.8) is 0 Å². The number of hydrogen-bond acceptors (Lipinski definition) is 3. The molecule has 4 N–H and O–H groups in total. The van der Waals surface area contributed by atoms with Crippen LogP contribution in [-0.2, 0) is 20.8 Å². The van der Waals surface area contributed by atoms with Gasteiger partial charge in [0, 0.05) is 6.42 Å². The number of carbonyl (C=O) groups is 3. The van der Waals surface area contributed by atoms with Crippen LogP contribution >= 0.6 is 0 Å². The van der Waals surface area contributed by atoms with Crippen molar-refractivity contribution in [2.45, 2.75) is 26.3 Å². The summed E-state index contributed by atoms with van der Waals surface area (Å²) in [6.07, 6.45) is 0.229. The van der Waals surface area contributed by atoms with Crippen molar-refractivity contribution >= 4 is 17.8 Å². The molecule has 114 valence electrons. The molecule has 0 bridgehead atoms. The molecule has 0 heterocycles. The molecule has 0 aliphatic carbocycles. The Morgan fingerprint density at radius 2 is 1.76 bits per heavy atom. The number of aliphatic carboxylic acids is 1. The highest BCUT2D eigenvalue weighted by molar-refractivity contribution is 5.99. The zero-order valence-electron chi connectivity index (χ0n) is 12.1. The molecule has 0 aliphatic rings. The van der Waals surface area contributed by atoms with Crippen molar-refractivity contribution in [3.8, 4) is 0 Å². The molecular formula is C15H20N2O4. The van der Waals surface area contributed by atoms with E-state index in [0.717, 1.165) is 5.56 Å². The average Bonchev–Trinajstić information content (AvgIpc) is 2.38. The van der Waals surface area contributed by atoms with Crippen LogP contribution in [0, 0.1) is 11.8 Å². The van der Waals surface area contributed by atoms with E-state index in [4.69, 9.17) is 10.8 Å². The monoisotopic (exact) mass is 292 g/mol. The summed E-state index contributed by atoms with van der Waals surface area (Å²) in [7, 11) is 0. The van der Waals surface area contributed by atoms with Gasteiger partial charge in [-0.05, 0) is 11.5 Å². The van der Waals surface area contributed by atoms with Crippen LogP contribution in [0.4, 0.5) is 0 Å². The van der Waals surface area contributed by atoms with E-state index in [2.05, 4.69) is 5.32 Å². The van der Waals surface area contributed by atoms with E-state index >= 15 is 0 Å². The fourth-order valence-electron chi connectivity index (χ4n) is 2.03.